The minimum Gasteiger partial charge on any atom is -0.464 e. The van der Waals surface area contributed by atoms with Crippen LogP contribution in [0.25, 0.3) is 5.52 Å². The Labute approximate surface area is 152 Å². The van der Waals surface area contributed by atoms with Crippen molar-refractivity contribution in [3.8, 4) is 0 Å². The Kier molecular flexibility index (Phi) is 5.04. The summed E-state index contributed by atoms with van der Waals surface area (Å²) in [6.45, 7) is 6.23. The van der Waals surface area contributed by atoms with Crippen molar-refractivity contribution >= 4 is 11.5 Å². The van der Waals surface area contributed by atoms with Crippen LogP contribution in [-0.4, -0.2) is 32.8 Å². The number of aryl methyl sites for hydroxylation is 1. The predicted octanol–water partition coefficient (Wildman–Crippen LogP) is 3.10. The van der Waals surface area contributed by atoms with Crippen LogP contribution in [0.5, 0.6) is 0 Å². The summed E-state index contributed by atoms with van der Waals surface area (Å²) in [6.07, 6.45) is 1.70. The molecule has 0 radical (unpaired) electrons. The van der Waals surface area contributed by atoms with Crippen LogP contribution in [0.15, 0.2) is 36.5 Å². The van der Waals surface area contributed by atoms with Gasteiger partial charge in [0.2, 0.25) is 0 Å². The van der Waals surface area contributed by atoms with Gasteiger partial charge in [0.05, 0.1) is 24.0 Å². The minimum absolute atomic E-state index is 0.168. The van der Waals surface area contributed by atoms with Crippen molar-refractivity contribution in [2.75, 3.05) is 7.11 Å². The standard InChI is InChI=1S/C20H23N3O3/c1-12(2)10-16-18(17-9-8-13(3)11-23(17)22-16)19(24)14-6-5-7-15(21-14)20(25)26-4/h5-9,11-12,19,24H,10H2,1-4H3. The first-order valence-electron chi connectivity index (χ1n) is 8.61. The lowest BCUT2D eigenvalue weighted by Crippen LogP contribution is -2.10. The first kappa shape index (κ1) is 18.1. The predicted molar refractivity (Wildman–Crippen MR) is 98.1 cm³/mol. The summed E-state index contributed by atoms with van der Waals surface area (Å²) >= 11 is 0. The summed E-state index contributed by atoms with van der Waals surface area (Å²) in [4.78, 5) is 16.0. The maximum Gasteiger partial charge on any atom is 0.356 e. The zero-order valence-corrected chi connectivity index (χ0v) is 15.4. The van der Waals surface area contributed by atoms with E-state index in [0.29, 0.717) is 11.6 Å². The molecule has 136 valence electrons. The lowest BCUT2D eigenvalue weighted by atomic mass is 9.98. The summed E-state index contributed by atoms with van der Waals surface area (Å²) in [5, 5.41) is 15.7. The molecule has 26 heavy (non-hydrogen) atoms. The van der Waals surface area contributed by atoms with Gasteiger partial charge in [-0.15, -0.1) is 0 Å². The smallest absolute Gasteiger partial charge is 0.356 e. The Morgan fingerprint density at radius 2 is 2.04 bits per heavy atom. The van der Waals surface area contributed by atoms with Crippen LogP contribution in [0.3, 0.4) is 0 Å². The Bertz CT molecular complexity index is 947. The highest BCUT2D eigenvalue weighted by molar-refractivity contribution is 5.87. The van der Waals surface area contributed by atoms with E-state index in [1.54, 1.807) is 22.7 Å². The lowest BCUT2D eigenvalue weighted by Gasteiger charge is -2.13. The van der Waals surface area contributed by atoms with Crippen molar-refractivity contribution in [1.82, 2.24) is 14.6 Å². The largest absolute Gasteiger partial charge is 0.464 e. The summed E-state index contributed by atoms with van der Waals surface area (Å²) in [6, 6.07) is 8.90. The molecule has 0 aliphatic rings. The number of pyridine rings is 2. The number of carbonyl (C=O) groups excluding carboxylic acids is 1. The fourth-order valence-corrected chi connectivity index (χ4v) is 3.03. The molecule has 0 saturated carbocycles. The van der Waals surface area contributed by atoms with Crippen LogP contribution in [0.2, 0.25) is 0 Å². The number of fused-ring (bicyclic) bond motifs is 1. The molecule has 3 aromatic heterocycles. The second-order valence-electron chi connectivity index (χ2n) is 6.84. The Balaban J connectivity index is 2.12. The molecule has 0 aliphatic heterocycles. The number of ether oxygens (including phenoxy) is 1. The second-order valence-corrected chi connectivity index (χ2v) is 6.84. The van der Waals surface area contributed by atoms with Crippen molar-refractivity contribution in [3.63, 3.8) is 0 Å². The maximum absolute atomic E-state index is 11.8. The topological polar surface area (TPSA) is 76.7 Å². The zero-order valence-electron chi connectivity index (χ0n) is 15.4. The van der Waals surface area contributed by atoms with E-state index in [-0.39, 0.29) is 5.69 Å². The molecular weight excluding hydrogens is 330 g/mol. The third-order valence-corrected chi connectivity index (χ3v) is 4.21. The molecule has 1 atom stereocenters. The zero-order chi connectivity index (χ0) is 18.8. The van der Waals surface area contributed by atoms with Gasteiger partial charge in [-0.2, -0.15) is 5.10 Å². The highest BCUT2D eigenvalue weighted by Gasteiger charge is 2.24. The average molecular weight is 353 g/mol. The monoisotopic (exact) mass is 353 g/mol. The fourth-order valence-electron chi connectivity index (χ4n) is 3.03. The van der Waals surface area contributed by atoms with E-state index in [1.807, 2.05) is 25.3 Å². The van der Waals surface area contributed by atoms with Gasteiger partial charge in [0.1, 0.15) is 11.8 Å². The highest BCUT2D eigenvalue weighted by Crippen LogP contribution is 2.30. The number of methoxy groups -OCH3 is 1. The molecule has 3 rings (SSSR count). The second kappa shape index (κ2) is 7.25. The molecule has 0 saturated heterocycles. The first-order chi connectivity index (χ1) is 12.4. The number of esters is 1. The molecule has 3 aromatic rings. The number of hydrogen-bond acceptors (Lipinski definition) is 5. The molecule has 0 aliphatic carbocycles. The van der Waals surface area contributed by atoms with Crippen molar-refractivity contribution in [3.05, 3.63) is 64.7 Å². The van der Waals surface area contributed by atoms with E-state index in [0.717, 1.165) is 28.8 Å². The molecular formula is C20H23N3O3. The SMILES string of the molecule is COC(=O)c1cccc(C(O)c2c(CC(C)C)nn3cc(C)ccc23)n1. The van der Waals surface area contributed by atoms with Gasteiger partial charge in [-0.05, 0) is 43.0 Å². The van der Waals surface area contributed by atoms with Crippen LogP contribution in [0.4, 0.5) is 0 Å². The third-order valence-electron chi connectivity index (χ3n) is 4.21. The van der Waals surface area contributed by atoms with E-state index in [9.17, 15) is 9.90 Å². The van der Waals surface area contributed by atoms with Crippen LogP contribution in [0, 0.1) is 12.8 Å². The van der Waals surface area contributed by atoms with Crippen LogP contribution in [0.1, 0.15) is 53.0 Å². The van der Waals surface area contributed by atoms with Crippen LogP contribution >= 0.6 is 0 Å². The lowest BCUT2D eigenvalue weighted by molar-refractivity contribution is 0.0593. The Morgan fingerprint density at radius 3 is 2.73 bits per heavy atom. The van der Waals surface area contributed by atoms with Gasteiger partial charge >= 0.3 is 5.97 Å². The highest BCUT2D eigenvalue weighted by atomic mass is 16.5. The molecule has 0 fully saturated rings. The van der Waals surface area contributed by atoms with Crippen molar-refractivity contribution in [1.29, 1.82) is 0 Å². The number of aliphatic hydroxyl groups is 1. The van der Waals surface area contributed by atoms with Gasteiger partial charge < -0.3 is 9.84 Å². The summed E-state index contributed by atoms with van der Waals surface area (Å²) < 4.78 is 6.52. The normalized spacial score (nSPS) is 12.5. The van der Waals surface area contributed by atoms with E-state index in [2.05, 4.69) is 23.9 Å². The number of carbonyl (C=O) groups is 1. The third kappa shape index (κ3) is 3.46. The van der Waals surface area contributed by atoms with Crippen molar-refractivity contribution < 1.29 is 14.6 Å². The summed E-state index contributed by atoms with van der Waals surface area (Å²) in [5.74, 6) is -0.140. The van der Waals surface area contributed by atoms with Gasteiger partial charge in [-0.3, -0.25) is 0 Å². The summed E-state index contributed by atoms with van der Waals surface area (Å²) in [5.41, 5.74) is 4.05. The molecule has 0 amide bonds. The number of hydrogen-bond donors (Lipinski definition) is 1. The Morgan fingerprint density at radius 1 is 1.27 bits per heavy atom. The minimum atomic E-state index is -0.978. The van der Waals surface area contributed by atoms with Gasteiger partial charge in [-0.25, -0.2) is 14.3 Å². The number of aliphatic hydroxyl groups excluding tert-OH is 1. The van der Waals surface area contributed by atoms with Crippen LogP contribution < -0.4 is 0 Å². The fraction of sp³-hybridized carbons (Fsp3) is 0.350. The van der Waals surface area contributed by atoms with E-state index in [4.69, 9.17) is 4.74 Å². The molecule has 0 spiro atoms. The molecule has 0 bridgehead atoms. The van der Waals surface area contributed by atoms with Gasteiger partial charge in [0.15, 0.2) is 0 Å². The maximum atomic E-state index is 11.8. The van der Waals surface area contributed by atoms with Gasteiger partial charge in [0, 0.05) is 11.8 Å². The van der Waals surface area contributed by atoms with Crippen molar-refractivity contribution in [2.24, 2.45) is 5.92 Å². The quantitative estimate of drug-likeness (QED) is 0.713. The molecule has 1 N–H and O–H groups in total. The van der Waals surface area contributed by atoms with Gasteiger partial charge in [0.25, 0.3) is 0 Å². The number of nitrogens with zero attached hydrogens (tertiary/aromatic N) is 3. The molecule has 3 heterocycles. The molecule has 1 unspecified atom stereocenters. The first-order valence-corrected chi connectivity index (χ1v) is 8.61. The van der Waals surface area contributed by atoms with E-state index >= 15 is 0 Å². The van der Waals surface area contributed by atoms with Crippen molar-refractivity contribution in [2.45, 2.75) is 33.3 Å². The molecule has 0 aromatic carbocycles. The number of aromatic nitrogens is 3. The van der Waals surface area contributed by atoms with Gasteiger partial charge in [-0.1, -0.05) is 26.0 Å². The Hall–Kier alpha value is -2.73. The average Bonchev–Trinajstić information content (AvgIpc) is 2.96. The van der Waals surface area contributed by atoms with E-state index in [1.165, 1.54) is 7.11 Å². The molecule has 6 heteroatoms. The van der Waals surface area contributed by atoms with Crippen LogP contribution in [-0.2, 0) is 11.2 Å². The summed E-state index contributed by atoms with van der Waals surface area (Å²) in [7, 11) is 1.31. The van der Waals surface area contributed by atoms with E-state index < -0.39 is 12.1 Å². The number of rotatable bonds is 5. The molecule has 6 nitrogen and oxygen atoms in total.